The van der Waals surface area contributed by atoms with Crippen LogP contribution in [0.4, 0.5) is 0 Å². The van der Waals surface area contributed by atoms with Crippen LogP contribution in [-0.4, -0.2) is 41.6 Å². The number of aromatic nitrogens is 1. The van der Waals surface area contributed by atoms with Crippen LogP contribution in [0, 0.1) is 5.92 Å². The van der Waals surface area contributed by atoms with Gasteiger partial charge in [-0.3, -0.25) is 4.98 Å². The Balaban J connectivity index is 1.57. The minimum absolute atomic E-state index is 0.348. The number of nitrogens with one attached hydrogen (secondary N) is 1. The van der Waals surface area contributed by atoms with E-state index in [0.29, 0.717) is 5.54 Å². The maximum absolute atomic E-state index is 4.43. The summed E-state index contributed by atoms with van der Waals surface area (Å²) in [6.07, 6.45) is 7.06. The Hall–Kier alpha value is -0.930. The summed E-state index contributed by atoms with van der Waals surface area (Å²) in [5, 5.41) is 3.79. The maximum atomic E-state index is 4.43. The molecule has 3 heteroatoms. The highest BCUT2D eigenvalue weighted by atomic mass is 15.2. The molecule has 0 radical (unpaired) electrons. The third-order valence-electron chi connectivity index (χ3n) is 4.62. The lowest BCUT2D eigenvalue weighted by Gasteiger charge is -2.34. The first kappa shape index (κ1) is 13.1. The minimum atomic E-state index is 0.348. The molecule has 0 aromatic carbocycles. The van der Waals surface area contributed by atoms with Crippen molar-refractivity contribution in [1.29, 1.82) is 0 Å². The van der Waals surface area contributed by atoms with E-state index in [9.17, 15) is 0 Å². The Morgan fingerprint density at radius 3 is 3.05 bits per heavy atom. The lowest BCUT2D eigenvalue weighted by Crippen LogP contribution is -2.51. The van der Waals surface area contributed by atoms with Crippen LogP contribution in [0.1, 0.15) is 31.9 Å². The predicted molar refractivity (Wildman–Crippen MR) is 78.1 cm³/mol. The molecule has 0 bridgehead atoms. The normalized spacial score (nSPS) is 29.1. The maximum Gasteiger partial charge on any atom is 0.0416 e. The highest BCUT2D eigenvalue weighted by molar-refractivity contribution is 5.05. The summed E-state index contributed by atoms with van der Waals surface area (Å²) in [5.41, 5.74) is 1.56. The van der Waals surface area contributed by atoms with Gasteiger partial charge in [-0.2, -0.15) is 0 Å². The van der Waals surface area contributed by atoms with Crippen LogP contribution in [-0.2, 0) is 6.42 Å². The first-order valence-electron chi connectivity index (χ1n) is 7.63. The van der Waals surface area contributed by atoms with Gasteiger partial charge in [0.25, 0.3) is 0 Å². The molecule has 1 aliphatic heterocycles. The van der Waals surface area contributed by atoms with E-state index in [2.05, 4.69) is 34.3 Å². The molecule has 1 saturated carbocycles. The fraction of sp³-hybridized carbons (Fsp3) is 0.688. The number of hydrogen-bond acceptors (Lipinski definition) is 3. The standard InChI is InChI=1S/C16H25N3/c1-16(14-6-7-14)13-19(11-4-10-18-16)12-8-15-5-2-3-9-17-15/h2-3,5,9,14,18H,4,6-8,10-13H2,1H3. The molecule has 1 atom stereocenters. The van der Waals surface area contributed by atoms with Crippen molar-refractivity contribution in [1.82, 2.24) is 15.2 Å². The number of rotatable bonds is 4. The van der Waals surface area contributed by atoms with Gasteiger partial charge in [0.05, 0.1) is 0 Å². The molecule has 2 fully saturated rings. The summed E-state index contributed by atoms with van der Waals surface area (Å²) in [6.45, 7) is 7.16. The molecule has 3 nitrogen and oxygen atoms in total. The van der Waals surface area contributed by atoms with Gasteiger partial charge in [-0.15, -0.1) is 0 Å². The zero-order chi connectivity index (χ0) is 13.1. The van der Waals surface area contributed by atoms with Crippen molar-refractivity contribution in [2.75, 3.05) is 26.2 Å². The average molecular weight is 259 g/mol. The van der Waals surface area contributed by atoms with Crippen molar-refractivity contribution in [3.63, 3.8) is 0 Å². The summed E-state index contributed by atoms with van der Waals surface area (Å²) in [5.74, 6) is 0.906. The van der Waals surface area contributed by atoms with Crippen molar-refractivity contribution in [3.05, 3.63) is 30.1 Å². The number of hydrogen-bond donors (Lipinski definition) is 1. The van der Waals surface area contributed by atoms with Gasteiger partial charge in [0.15, 0.2) is 0 Å². The van der Waals surface area contributed by atoms with Crippen LogP contribution in [0.2, 0.25) is 0 Å². The Kier molecular flexibility index (Phi) is 3.85. The molecule has 1 aliphatic carbocycles. The second-order valence-corrected chi connectivity index (χ2v) is 6.32. The Bertz CT molecular complexity index is 402. The molecule has 1 aromatic heterocycles. The van der Waals surface area contributed by atoms with Gasteiger partial charge in [-0.25, -0.2) is 0 Å². The van der Waals surface area contributed by atoms with Gasteiger partial charge in [-0.05, 0) is 57.3 Å². The fourth-order valence-corrected chi connectivity index (χ4v) is 3.28. The van der Waals surface area contributed by atoms with Crippen molar-refractivity contribution >= 4 is 0 Å². The van der Waals surface area contributed by atoms with E-state index >= 15 is 0 Å². The molecule has 1 unspecified atom stereocenters. The summed E-state index contributed by atoms with van der Waals surface area (Å²) < 4.78 is 0. The lowest BCUT2D eigenvalue weighted by atomic mass is 9.95. The van der Waals surface area contributed by atoms with Crippen LogP contribution in [0.15, 0.2) is 24.4 Å². The Labute approximate surface area is 116 Å². The van der Waals surface area contributed by atoms with Crippen molar-refractivity contribution in [2.45, 2.75) is 38.1 Å². The molecule has 3 rings (SSSR count). The summed E-state index contributed by atoms with van der Waals surface area (Å²) >= 11 is 0. The topological polar surface area (TPSA) is 28.2 Å². The summed E-state index contributed by atoms with van der Waals surface area (Å²) in [4.78, 5) is 7.06. The second-order valence-electron chi connectivity index (χ2n) is 6.32. The van der Waals surface area contributed by atoms with Crippen molar-refractivity contribution in [3.8, 4) is 0 Å². The number of pyridine rings is 1. The van der Waals surface area contributed by atoms with Crippen LogP contribution in [0.25, 0.3) is 0 Å². The van der Waals surface area contributed by atoms with E-state index in [0.717, 1.165) is 18.9 Å². The SMILES string of the molecule is CC1(C2CC2)CN(CCc2ccccn2)CCCN1. The highest BCUT2D eigenvalue weighted by Gasteiger charge is 2.42. The summed E-state index contributed by atoms with van der Waals surface area (Å²) in [7, 11) is 0. The molecule has 2 aliphatic rings. The predicted octanol–water partition coefficient (Wildman–Crippen LogP) is 2.09. The van der Waals surface area contributed by atoms with Gasteiger partial charge in [0, 0.05) is 36.9 Å². The molecular formula is C16H25N3. The highest BCUT2D eigenvalue weighted by Crippen LogP contribution is 2.40. The number of nitrogens with zero attached hydrogens (tertiary/aromatic N) is 2. The van der Waals surface area contributed by atoms with E-state index in [1.165, 1.54) is 44.6 Å². The van der Waals surface area contributed by atoms with Crippen LogP contribution < -0.4 is 5.32 Å². The molecule has 104 valence electrons. The third-order valence-corrected chi connectivity index (χ3v) is 4.62. The largest absolute Gasteiger partial charge is 0.310 e. The first-order chi connectivity index (χ1) is 9.26. The third kappa shape index (κ3) is 3.34. The van der Waals surface area contributed by atoms with Gasteiger partial charge in [0.2, 0.25) is 0 Å². The van der Waals surface area contributed by atoms with Crippen LogP contribution in [0.3, 0.4) is 0 Å². The van der Waals surface area contributed by atoms with Crippen molar-refractivity contribution < 1.29 is 0 Å². The first-order valence-corrected chi connectivity index (χ1v) is 7.63. The lowest BCUT2D eigenvalue weighted by molar-refractivity contribution is 0.202. The van der Waals surface area contributed by atoms with Crippen molar-refractivity contribution in [2.24, 2.45) is 5.92 Å². The van der Waals surface area contributed by atoms with Gasteiger partial charge >= 0.3 is 0 Å². The van der Waals surface area contributed by atoms with Crippen LogP contribution in [0.5, 0.6) is 0 Å². The molecule has 1 aromatic rings. The summed E-state index contributed by atoms with van der Waals surface area (Å²) in [6, 6.07) is 6.21. The second kappa shape index (κ2) is 5.59. The van der Waals surface area contributed by atoms with E-state index in [4.69, 9.17) is 0 Å². The van der Waals surface area contributed by atoms with Crippen LogP contribution >= 0.6 is 0 Å². The van der Waals surface area contributed by atoms with E-state index in [-0.39, 0.29) is 0 Å². The van der Waals surface area contributed by atoms with Gasteiger partial charge < -0.3 is 10.2 Å². The minimum Gasteiger partial charge on any atom is -0.310 e. The molecule has 0 spiro atoms. The zero-order valence-electron chi connectivity index (χ0n) is 11.9. The molecular weight excluding hydrogens is 234 g/mol. The molecule has 2 heterocycles. The Morgan fingerprint density at radius 2 is 2.32 bits per heavy atom. The molecule has 19 heavy (non-hydrogen) atoms. The molecule has 1 saturated heterocycles. The van der Waals surface area contributed by atoms with Gasteiger partial charge in [0.1, 0.15) is 0 Å². The average Bonchev–Trinajstić information content (AvgIpc) is 3.25. The Morgan fingerprint density at radius 1 is 1.42 bits per heavy atom. The molecule has 1 N–H and O–H groups in total. The smallest absolute Gasteiger partial charge is 0.0416 e. The monoisotopic (exact) mass is 259 g/mol. The van der Waals surface area contributed by atoms with E-state index in [1.54, 1.807) is 0 Å². The van der Waals surface area contributed by atoms with E-state index in [1.807, 2.05) is 12.3 Å². The fourth-order valence-electron chi connectivity index (χ4n) is 3.28. The quantitative estimate of drug-likeness (QED) is 0.897. The zero-order valence-corrected chi connectivity index (χ0v) is 11.9. The van der Waals surface area contributed by atoms with Gasteiger partial charge in [-0.1, -0.05) is 6.07 Å². The molecule has 0 amide bonds. The van der Waals surface area contributed by atoms with E-state index < -0.39 is 0 Å².